The first-order chi connectivity index (χ1) is 8.51. The molecule has 0 aliphatic rings. The number of hydrogen-bond donors (Lipinski definition) is 1. The lowest BCUT2D eigenvalue weighted by Gasteiger charge is -2.24. The minimum atomic E-state index is -0.845. The molecule has 1 heterocycles. The van der Waals surface area contributed by atoms with Gasteiger partial charge in [-0.2, -0.15) is 0 Å². The molecule has 1 aromatic rings. The SMILES string of the molecule is CCC(C)N(C)c1nnc(SCC(=O)O)n1CC. The number of anilines is 1. The van der Waals surface area contributed by atoms with Crippen molar-refractivity contribution in [2.24, 2.45) is 0 Å². The van der Waals surface area contributed by atoms with Crippen LogP contribution in [0.25, 0.3) is 0 Å². The third-order valence-corrected chi connectivity index (χ3v) is 3.86. The zero-order chi connectivity index (χ0) is 13.7. The molecule has 102 valence electrons. The average molecular weight is 272 g/mol. The van der Waals surface area contributed by atoms with Gasteiger partial charge in [0.15, 0.2) is 5.16 Å². The third-order valence-electron chi connectivity index (χ3n) is 2.91. The van der Waals surface area contributed by atoms with Crippen LogP contribution in [0.3, 0.4) is 0 Å². The van der Waals surface area contributed by atoms with Crippen molar-refractivity contribution < 1.29 is 9.90 Å². The summed E-state index contributed by atoms with van der Waals surface area (Å²) in [7, 11) is 1.98. The summed E-state index contributed by atoms with van der Waals surface area (Å²) >= 11 is 1.20. The van der Waals surface area contributed by atoms with E-state index in [1.54, 1.807) is 0 Å². The Labute approximate surface area is 111 Å². The predicted octanol–water partition coefficient (Wildman–Crippen LogP) is 1.71. The highest BCUT2D eigenvalue weighted by Gasteiger charge is 2.18. The molecule has 1 rings (SSSR count). The van der Waals surface area contributed by atoms with Crippen molar-refractivity contribution in [3.63, 3.8) is 0 Å². The first-order valence-corrected chi connectivity index (χ1v) is 7.00. The summed E-state index contributed by atoms with van der Waals surface area (Å²) in [5.41, 5.74) is 0. The maximum absolute atomic E-state index is 10.6. The topological polar surface area (TPSA) is 71.2 Å². The number of hydrogen-bond acceptors (Lipinski definition) is 5. The molecular weight excluding hydrogens is 252 g/mol. The van der Waals surface area contributed by atoms with Crippen LogP contribution < -0.4 is 4.90 Å². The summed E-state index contributed by atoms with van der Waals surface area (Å²) in [4.78, 5) is 12.6. The number of aliphatic carboxylic acids is 1. The standard InChI is InChI=1S/C11H20N4O2S/c1-5-8(3)14(4)10-12-13-11(15(10)6-2)18-7-9(16)17/h8H,5-7H2,1-4H3,(H,16,17). The second-order valence-electron chi connectivity index (χ2n) is 4.08. The van der Waals surface area contributed by atoms with Gasteiger partial charge in [-0.15, -0.1) is 10.2 Å². The number of nitrogens with zero attached hydrogens (tertiary/aromatic N) is 4. The molecule has 0 saturated heterocycles. The van der Waals surface area contributed by atoms with Gasteiger partial charge in [-0.25, -0.2) is 0 Å². The lowest BCUT2D eigenvalue weighted by molar-refractivity contribution is -0.133. The molecule has 18 heavy (non-hydrogen) atoms. The molecule has 0 aliphatic carbocycles. The Morgan fingerprint density at radius 1 is 1.50 bits per heavy atom. The fraction of sp³-hybridized carbons (Fsp3) is 0.727. The normalized spacial score (nSPS) is 12.4. The molecule has 0 saturated carbocycles. The molecular formula is C11H20N4O2S. The molecule has 0 amide bonds. The third kappa shape index (κ3) is 3.38. The minimum Gasteiger partial charge on any atom is -0.481 e. The molecule has 0 radical (unpaired) electrons. The van der Waals surface area contributed by atoms with Gasteiger partial charge >= 0.3 is 5.97 Å². The fourth-order valence-electron chi connectivity index (χ4n) is 1.52. The van der Waals surface area contributed by atoms with E-state index in [1.165, 1.54) is 11.8 Å². The second-order valence-corrected chi connectivity index (χ2v) is 5.02. The first kappa shape index (κ1) is 14.8. The van der Waals surface area contributed by atoms with Crippen molar-refractivity contribution in [3.8, 4) is 0 Å². The van der Waals surface area contributed by atoms with E-state index >= 15 is 0 Å². The summed E-state index contributed by atoms with van der Waals surface area (Å²) in [5.74, 6) is -0.0484. The van der Waals surface area contributed by atoms with E-state index in [0.29, 0.717) is 11.2 Å². The van der Waals surface area contributed by atoms with Crippen LogP contribution in [0.4, 0.5) is 5.95 Å². The van der Waals surface area contributed by atoms with Crippen LogP contribution in [0.5, 0.6) is 0 Å². The maximum atomic E-state index is 10.6. The van der Waals surface area contributed by atoms with Crippen LogP contribution in [0.2, 0.25) is 0 Å². The fourth-order valence-corrected chi connectivity index (χ4v) is 2.24. The van der Waals surface area contributed by atoms with E-state index in [9.17, 15) is 4.79 Å². The Hall–Kier alpha value is -1.24. The Kier molecular flexibility index (Phi) is 5.46. The molecule has 1 aromatic heterocycles. The molecule has 0 aromatic carbocycles. The second kappa shape index (κ2) is 6.63. The van der Waals surface area contributed by atoms with Gasteiger partial charge < -0.3 is 10.0 Å². The number of thioether (sulfide) groups is 1. The average Bonchev–Trinajstić information content (AvgIpc) is 2.77. The summed E-state index contributed by atoms with van der Waals surface area (Å²) < 4.78 is 1.94. The Morgan fingerprint density at radius 2 is 2.17 bits per heavy atom. The summed E-state index contributed by atoms with van der Waals surface area (Å²) in [6.07, 6.45) is 1.02. The smallest absolute Gasteiger partial charge is 0.313 e. The van der Waals surface area contributed by atoms with Gasteiger partial charge in [-0.3, -0.25) is 9.36 Å². The molecule has 1 N–H and O–H groups in total. The minimum absolute atomic E-state index is 0.00514. The summed E-state index contributed by atoms with van der Waals surface area (Å²) in [6, 6.07) is 0.372. The van der Waals surface area contributed by atoms with Crippen molar-refractivity contribution in [2.45, 2.75) is 44.9 Å². The van der Waals surface area contributed by atoms with Crippen molar-refractivity contribution in [1.82, 2.24) is 14.8 Å². The van der Waals surface area contributed by atoms with Gasteiger partial charge in [-0.1, -0.05) is 18.7 Å². The summed E-state index contributed by atoms with van der Waals surface area (Å²) in [5, 5.41) is 17.6. The van der Waals surface area contributed by atoms with Crippen molar-refractivity contribution >= 4 is 23.7 Å². The van der Waals surface area contributed by atoms with Crippen LogP contribution in [0, 0.1) is 0 Å². The monoisotopic (exact) mass is 272 g/mol. The van der Waals surface area contributed by atoms with Gasteiger partial charge in [0.25, 0.3) is 0 Å². The number of carbonyl (C=O) groups is 1. The van der Waals surface area contributed by atoms with E-state index < -0.39 is 5.97 Å². The molecule has 0 aliphatic heterocycles. The van der Waals surface area contributed by atoms with Crippen LogP contribution in [0.15, 0.2) is 5.16 Å². The number of carboxylic acid groups (broad SMARTS) is 1. The largest absolute Gasteiger partial charge is 0.481 e. The van der Waals surface area contributed by atoms with E-state index in [0.717, 1.165) is 18.9 Å². The Morgan fingerprint density at radius 3 is 2.67 bits per heavy atom. The highest BCUT2D eigenvalue weighted by Crippen LogP contribution is 2.22. The maximum Gasteiger partial charge on any atom is 0.313 e. The number of carboxylic acids is 1. The van der Waals surface area contributed by atoms with E-state index in [4.69, 9.17) is 5.11 Å². The van der Waals surface area contributed by atoms with E-state index in [-0.39, 0.29) is 5.75 Å². The molecule has 0 fully saturated rings. The van der Waals surface area contributed by atoms with Crippen molar-refractivity contribution in [2.75, 3.05) is 17.7 Å². The summed E-state index contributed by atoms with van der Waals surface area (Å²) in [6.45, 7) is 6.97. The lowest BCUT2D eigenvalue weighted by Crippen LogP contribution is -2.30. The quantitative estimate of drug-likeness (QED) is 0.762. The van der Waals surface area contributed by atoms with Crippen LogP contribution in [-0.4, -0.2) is 44.7 Å². The highest BCUT2D eigenvalue weighted by molar-refractivity contribution is 7.99. The van der Waals surface area contributed by atoms with Crippen LogP contribution in [0.1, 0.15) is 27.2 Å². The number of aromatic nitrogens is 3. The van der Waals surface area contributed by atoms with Gasteiger partial charge in [0, 0.05) is 19.6 Å². The predicted molar refractivity (Wildman–Crippen MR) is 72.2 cm³/mol. The zero-order valence-corrected chi connectivity index (χ0v) is 12.1. The molecule has 1 atom stereocenters. The van der Waals surface area contributed by atoms with Crippen LogP contribution >= 0.6 is 11.8 Å². The van der Waals surface area contributed by atoms with E-state index in [1.807, 2.05) is 18.5 Å². The molecule has 7 heteroatoms. The molecule has 1 unspecified atom stereocenters. The Bertz CT molecular complexity index is 408. The van der Waals surface area contributed by atoms with Gasteiger partial charge in [-0.05, 0) is 20.3 Å². The molecule has 0 bridgehead atoms. The van der Waals surface area contributed by atoms with Crippen LogP contribution in [-0.2, 0) is 11.3 Å². The van der Waals surface area contributed by atoms with Crippen molar-refractivity contribution in [1.29, 1.82) is 0 Å². The zero-order valence-electron chi connectivity index (χ0n) is 11.3. The van der Waals surface area contributed by atoms with Gasteiger partial charge in [0.1, 0.15) is 0 Å². The van der Waals surface area contributed by atoms with Gasteiger partial charge in [0.2, 0.25) is 5.95 Å². The first-order valence-electron chi connectivity index (χ1n) is 6.01. The van der Waals surface area contributed by atoms with E-state index in [2.05, 4.69) is 28.9 Å². The molecule has 6 nitrogen and oxygen atoms in total. The van der Waals surface area contributed by atoms with Gasteiger partial charge in [0.05, 0.1) is 5.75 Å². The number of rotatable bonds is 7. The lowest BCUT2D eigenvalue weighted by atomic mass is 10.2. The molecule has 0 spiro atoms. The Balaban J connectivity index is 2.90. The highest BCUT2D eigenvalue weighted by atomic mass is 32.2. The van der Waals surface area contributed by atoms with Crippen molar-refractivity contribution in [3.05, 3.63) is 0 Å².